The van der Waals surface area contributed by atoms with Crippen LogP contribution in [0.3, 0.4) is 0 Å². The molecule has 2 rings (SSSR count). The van der Waals surface area contributed by atoms with Crippen molar-refractivity contribution in [1.29, 1.82) is 0 Å². The van der Waals surface area contributed by atoms with Gasteiger partial charge in [-0.05, 0) is 55.5 Å². The fourth-order valence-corrected chi connectivity index (χ4v) is 4.35. The molecule has 22 heavy (non-hydrogen) atoms. The van der Waals surface area contributed by atoms with Gasteiger partial charge in [-0.1, -0.05) is 32.9 Å². The molecule has 0 aliphatic carbocycles. The van der Waals surface area contributed by atoms with Crippen LogP contribution >= 0.6 is 0 Å². The first-order chi connectivity index (χ1) is 10.4. The smallest absolute Gasteiger partial charge is 0.243 e. The van der Waals surface area contributed by atoms with E-state index >= 15 is 0 Å². The molecule has 0 atom stereocenters. The Labute approximate surface area is 135 Å². The summed E-state index contributed by atoms with van der Waals surface area (Å²) in [6.07, 6.45) is 1.88. The van der Waals surface area contributed by atoms with Gasteiger partial charge in [-0.25, -0.2) is 8.42 Å². The molecule has 0 aromatic heterocycles. The number of nitrogens with one attached hydrogen (secondary N) is 1. The second-order valence-corrected chi connectivity index (χ2v) is 8.32. The van der Waals surface area contributed by atoms with Crippen molar-refractivity contribution < 1.29 is 8.42 Å². The van der Waals surface area contributed by atoms with Gasteiger partial charge in [-0.2, -0.15) is 4.31 Å². The summed E-state index contributed by atoms with van der Waals surface area (Å²) in [6.45, 7) is 9.54. The Hall–Kier alpha value is -0.910. The lowest BCUT2D eigenvalue weighted by atomic mass is 9.98. The molecule has 0 saturated carbocycles. The standard InChI is InChI=1S/C17H28N2O2S/c1-4-18-13-15-9-11-19(12-10-15)22(20,21)17-7-5-16(6-8-17)14(2)3/h5-8,14-15,18H,4,9-13H2,1-3H3. The van der Waals surface area contributed by atoms with E-state index in [4.69, 9.17) is 0 Å². The first-order valence-corrected chi connectivity index (χ1v) is 9.70. The van der Waals surface area contributed by atoms with Gasteiger partial charge < -0.3 is 5.32 Å². The Balaban J connectivity index is 2.02. The molecule has 1 saturated heterocycles. The predicted molar refractivity (Wildman–Crippen MR) is 90.6 cm³/mol. The largest absolute Gasteiger partial charge is 0.317 e. The van der Waals surface area contributed by atoms with Crippen LogP contribution in [0.5, 0.6) is 0 Å². The second kappa shape index (κ2) is 7.57. The van der Waals surface area contributed by atoms with Crippen molar-refractivity contribution in [2.24, 2.45) is 5.92 Å². The van der Waals surface area contributed by atoms with Crippen LogP contribution in [0, 0.1) is 5.92 Å². The number of hydrogen-bond donors (Lipinski definition) is 1. The third kappa shape index (κ3) is 4.09. The Morgan fingerprint density at radius 2 is 1.77 bits per heavy atom. The molecule has 0 bridgehead atoms. The molecule has 0 unspecified atom stereocenters. The summed E-state index contributed by atoms with van der Waals surface area (Å²) in [5, 5.41) is 3.35. The zero-order valence-corrected chi connectivity index (χ0v) is 14.7. The molecule has 1 N–H and O–H groups in total. The SMILES string of the molecule is CCNCC1CCN(S(=O)(=O)c2ccc(C(C)C)cc2)CC1. The van der Waals surface area contributed by atoms with E-state index in [-0.39, 0.29) is 0 Å². The van der Waals surface area contributed by atoms with Crippen molar-refractivity contribution in [2.75, 3.05) is 26.2 Å². The van der Waals surface area contributed by atoms with Gasteiger partial charge in [0.05, 0.1) is 4.90 Å². The van der Waals surface area contributed by atoms with Crippen molar-refractivity contribution in [3.05, 3.63) is 29.8 Å². The van der Waals surface area contributed by atoms with Crippen LogP contribution < -0.4 is 5.32 Å². The topological polar surface area (TPSA) is 49.4 Å². The maximum absolute atomic E-state index is 12.7. The highest BCUT2D eigenvalue weighted by Crippen LogP contribution is 2.24. The minimum absolute atomic E-state index is 0.415. The summed E-state index contributed by atoms with van der Waals surface area (Å²) in [4.78, 5) is 0.419. The van der Waals surface area contributed by atoms with E-state index in [9.17, 15) is 8.42 Å². The average molecular weight is 324 g/mol. The molecule has 1 aromatic rings. The van der Waals surface area contributed by atoms with Crippen LogP contribution in [0.15, 0.2) is 29.2 Å². The van der Waals surface area contributed by atoms with Crippen molar-refractivity contribution in [3.63, 3.8) is 0 Å². The van der Waals surface area contributed by atoms with Gasteiger partial charge in [-0.3, -0.25) is 0 Å². The molecule has 1 heterocycles. The molecular weight excluding hydrogens is 296 g/mol. The summed E-state index contributed by atoms with van der Waals surface area (Å²) in [5.41, 5.74) is 1.17. The maximum atomic E-state index is 12.7. The van der Waals surface area contributed by atoms with Crippen LogP contribution in [0.1, 0.15) is 45.1 Å². The highest BCUT2D eigenvalue weighted by Gasteiger charge is 2.29. The van der Waals surface area contributed by atoms with Gasteiger partial charge in [-0.15, -0.1) is 0 Å². The monoisotopic (exact) mass is 324 g/mol. The number of rotatable bonds is 6. The molecule has 0 spiro atoms. The van der Waals surface area contributed by atoms with Gasteiger partial charge in [0.2, 0.25) is 10.0 Å². The molecule has 1 fully saturated rings. The number of nitrogens with zero attached hydrogens (tertiary/aromatic N) is 1. The lowest BCUT2D eigenvalue weighted by Gasteiger charge is -2.31. The lowest BCUT2D eigenvalue weighted by Crippen LogP contribution is -2.40. The van der Waals surface area contributed by atoms with Gasteiger partial charge in [0.25, 0.3) is 0 Å². The van der Waals surface area contributed by atoms with E-state index in [1.165, 1.54) is 5.56 Å². The van der Waals surface area contributed by atoms with Gasteiger partial charge in [0.1, 0.15) is 0 Å². The van der Waals surface area contributed by atoms with Crippen LogP contribution in [-0.4, -0.2) is 38.9 Å². The van der Waals surface area contributed by atoms with Gasteiger partial charge in [0.15, 0.2) is 0 Å². The second-order valence-electron chi connectivity index (χ2n) is 6.38. The highest BCUT2D eigenvalue weighted by molar-refractivity contribution is 7.89. The maximum Gasteiger partial charge on any atom is 0.243 e. The van der Waals surface area contributed by atoms with E-state index in [0.717, 1.165) is 25.9 Å². The summed E-state index contributed by atoms with van der Waals surface area (Å²) in [6, 6.07) is 7.34. The van der Waals surface area contributed by atoms with E-state index in [0.29, 0.717) is 29.8 Å². The first-order valence-electron chi connectivity index (χ1n) is 8.26. The van der Waals surface area contributed by atoms with E-state index in [1.807, 2.05) is 12.1 Å². The minimum atomic E-state index is -3.34. The molecule has 124 valence electrons. The molecule has 1 aliphatic rings. The first kappa shape index (κ1) is 17.4. The number of piperidine rings is 1. The molecule has 0 radical (unpaired) electrons. The van der Waals surface area contributed by atoms with Crippen LogP contribution in [-0.2, 0) is 10.0 Å². The third-order valence-corrected chi connectivity index (χ3v) is 6.35. The predicted octanol–water partition coefficient (Wildman–Crippen LogP) is 2.82. The van der Waals surface area contributed by atoms with Crippen molar-refractivity contribution in [2.45, 2.75) is 44.4 Å². The summed E-state index contributed by atoms with van der Waals surface area (Å²) in [5.74, 6) is 1.01. The lowest BCUT2D eigenvalue weighted by molar-refractivity contribution is 0.268. The molecule has 4 nitrogen and oxygen atoms in total. The molecule has 5 heteroatoms. The third-order valence-electron chi connectivity index (χ3n) is 4.44. The highest BCUT2D eigenvalue weighted by atomic mass is 32.2. The Morgan fingerprint density at radius 1 is 1.18 bits per heavy atom. The van der Waals surface area contributed by atoms with Crippen molar-refractivity contribution >= 4 is 10.0 Å². The quantitative estimate of drug-likeness (QED) is 0.875. The van der Waals surface area contributed by atoms with Gasteiger partial charge in [0, 0.05) is 13.1 Å². The normalized spacial score (nSPS) is 18.0. The number of benzene rings is 1. The number of hydrogen-bond acceptors (Lipinski definition) is 3. The van der Waals surface area contributed by atoms with Crippen LogP contribution in [0.4, 0.5) is 0 Å². The van der Waals surface area contributed by atoms with Crippen molar-refractivity contribution in [1.82, 2.24) is 9.62 Å². The van der Waals surface area contributed by atoms with Crippen molar-refractivity contribution in [3.8, 4) is 0 Å². The fourth-order valence-electron chi connectivity index (χ4n) is 2.88. The fraction of sp³-hybridized carbons (Fsp3) is 0.647. The minimum Gasteiger partial charge on any atom is -0.317 e. The Morgan fingerprint density at radius 3 is 2.27 bits per heavy atom. The zero-order valence-electron chi connectivity index (χ0n) is 13.9. The molecule has 0 amide bonds. The zero-order chi connectivity index (χ0) is 16.2. The van der Waals surface area contributed by atoms with E-state index < -0.39 is 10.0 Å². The molecule has 1 aromatic carbocycles. The van der Waals surface area contributed by atoms with E-state index in [2.05, 4.69) is 26.1 Å². The number of sulfonamides is 1. The van der Waals surface area contributed by atoms with Gasteiger partial charge >= 0.3 is 0 Å². The Bertz CT molecular complexity index is 559. The van der Waals surface area contributed by atoms with Crippen LogP contribution in [0.2, 0.25) is 0 Å². The van der Waals surface area contributed by atoms with Crippen LogP contribution in [0.25, 0.3) is 0 Å². The molecular formula is C17H28N2O2S. The Kier molecular flexibility index (Phi) is 6.01. The average Bonchev–Trinajstić information content (AvgIpc) is 2.53. The van der Waals surface area contributed by atoms with E-state index in [1.54, 1.807) is 16.4 Å². The molecule has 1 aliphatic heterocycles. The summed E-state index contributed by atoms with van der Waals surface area (Å²) < 4.78 is 27.0. The summed E-state index contributed by atoms with van der Waals surface area (Å²) in [7, 11) is -3.34. The summed E-state index contributed by atoms with van der Waals surface area (Å²) >= 11 is 0.